The second kappa shape index (κ2) is 6.10. The zero-order valence-corrected chi connectivity index (χ0v) is 12.9. The summed E-state index contributed by atoms with van der Waals surface area (Å²) in [4.78, 5) is 3.83. The Morgan fingerprint density at radius 1 is 1.20 bits per heavy atom. The molecule has 1 aromatic carbocycles. The highest BCUT2D eigenvalue weighted by Crippen LogP contribution is 2.20. The fraction of sp³-hybridized carbons (Fsp3) is 0.154. The lowest BCUT2D eigenvalue weighted by Gasteiger charge is -2.15. The van der Waals surface area contributed by atoms with Crippen LogP contribution in [0.1, 0.15) is 18.5 Å². The first-order valence-corrected chi connectivity index (χ1v) is 8.02. The molecule has 0 amide bonds. The molecule has 1 heterocycles. The van der Waals surface area contributed by atoms with Crippen LogP contribution in [0, 0.1) is 0 Å². The van der Waals surface area contributed by atoms with Gasteiger partial charge in [0.25, 0.3) is 0 Å². The van der Waals surface area contributed by atoms with Gasteiger partial charge in [0.2, 0.25) is 10.0 Å². The molecule has 1 N–H and O–H groups in total. The van der Waals surface area contributed by atoms with E-state index in [1.165, 1.54) is 18.3 Å². The van der Waals surface area contributed by atoms with Crippen LogP contribution in [0.3, 0.4) is 0 Å². The minimum Gasteiger partial charge on any atom is -0.244 e. The normalized spacial score (nSPS) is 13.2. The molecule has 0 saturated heterocycles. The molecule has 1 atom stereocenters. The number of nitrogens with one attached hydrogen (secondary N) is 1. The molecule has 0 spiro atoms. The van der Waals surface area contributed by atoms with Crippen LogP contribution in [0.4, 0.5) is 0 Å². The van der Waals surface area contributed by atoms with Crippen LogP contribution >= 0.6 is 23.2 Å². The fourth-order valence-corrected chi connectivity index (χ4v) is 3.38. The molecule has 106 valence electrons. The van der Waals surface area contributed by atoms with Gasteiger partial charge >= 0.3 is 0 Å². The van der Waals surface area contributed by atoms with Crippen molar-refractivity contribution in [3.8, 4) is 0 Å². The number of hydrogen-bond donors (Lipinski definition) is 1. The third-order valence-corrected chi connectivity index (χ3v) is 4.67. The number of sulfonamides is 1. The maximum atomic E-state index is 12.2. The number of halogens is 2. The molecule has 0 radical (unpaired) electrons. The topological polar surface area (TPSA) is 59.1 Å². The summed E-state index contributed by atoms with van der Waals surface area (Å²) in [5.41, 5.74) is 0.779. The van der Waals surface area contributed by atoms with Gasteiger partial charge in [-0.1, -0.05) is 35.3 Å². The summed E-state index contributed by atoms with van der Waals surface area (Å²) in [6.45, 7) is 1.74. The van der Waals surface area contributed by atoms with Gasteiger partial charge in [0.05, 0.1) is 4.90 Å². The first-order valence-electron chi connectivity index (χ1n) is 5.78. The maximum Gasteiger partial charge on any atom is 0.241 e. The predicted octanol–water partition coefficient (Wildman–Crippen LogP) is 3.43. The quantitative estimate of drug-likeness (QED) is 0.873. The van der Waals surface area contributed by atoms with E-state index < -0.39 is 16.1 Å². The molecule has 2 rings (SSSR count). The SMILES string of the molecule is CC(NS(=O)(=O)c1ccnc(Cl)c1)c1cccc(Cl)c1. The third kappa shape index (κ3) is 3.70. The summed E-state index contributed by atoms with van der Waals surface area (Å²) in [6.07, 6.45) is 1.35. The van der Waals surface area contributed by atoms with Crippen LogP contribution in [0.15, 0.2) is 47.5 Å². The summed E-state index contributed by atoms with van der Waals surface area (Å²) < 4.78 is 27.0. The van der Waals surface area contributed by atoms with E-state index >= 15 is 0 Å². The van der Waals surface area contributed by atoms with Crippen LogP contribution in [0.2, 0.25) is 10.2 Å². The van der Waals surface area contributed by atoms with Gasteiger partial charge < -0.3 is 0 Å². The van der Waals surface area contributed by atoms with Crippen molar-refractivity contribution in [3.63, 3.8) is 0 Å². The Bertz CT molecular complexity index is 720. The van der Waals surface area contributed by atoms with Gasteiger partial charge in [-0.15, -0.1) is 0 Å². The standard InChI is InChI=1S/C13H12Cl2N2O2S/c1-9(10-3-2-4-11(14)7-10)17-20(18,19)12-5-6-16-13(15)8-12/h2-9,17H,1H3. The van der Waals surface area contributed by atoms with Crippen molar-refractivity contribution < 1.29 is 8.42 Å². The van der Waals surface area contributed by atoms with Crippen molar-refractivity contribution in [2.45, 2.75) is 17.9 Å². The number of pyridine rings is 1. The van der Waals surface area contributed by atoms with Gasteiger partial charge in [0.15, 0.2) is 0 Å². The fourth-order valence-electron chi connectivity index (χ4n) is 1.70. The van der Waals surface area contributed by atoms with Gasteiger partial charge in [-0.2, -0.15) is 0 Å². The molecule has 4 nitrogen and oxygen atoms in total. The van der Waals surface area contributed by atoms with E-state index in [9.17, 15) is 8.42 Å². The molecule has 0 saturated carbocycles. The first kappa shape index (κ1) is 15.3. The first-order chi connectivity index (χ1) is 9.38. The van der Waals surface area contributed by atoms with Gasteiger partial charge in [0, 0.05) is 17.3 Å². The van der Waals surface area contributed by atoms with Gasteiger partial charge in [-0.3, -0.25) is 0 Å². The monoisotopic (exact) mass is 330 g/mol. The van der Waals surface area contributed by atoms with E-state index in [2.05, 4.69) is 9.71 Å². The van der Waals surface area contributed by atoms with Crippen molar-refractivity contribution in [2.75, 3.05) is 0 Å². The lowest BCUT2D eigenvalue weighted by molar-refractivity contribution is 0.567. The van der Waals surface area contributed by atoms with Crippen molar-refractivity contribution in [2.24, 2.45) is 0 Å². The van der Waals surface area contributed by atoms with E-state index in [1.807, 2.05) is 0 Å². The predicted molar refractivity (Wildman–Crippen MR) is 79.4 cm³/mol. The summed E-state index contributed by atoms with van der Waals surface area (Å²) in [5.74, 6) is 0. The zero-order valence-electron chi connectivity index (χ0n) is 10.5. The summed E-state index contributed by atoms with van der Waals surface area (Å²) in [7, 11) is -3.66. The Hall–Kier alpha value is -1.14. The highest BCUT2D eigenvalue weighted by molar-refractivity contribution is 7.89. The molecule has 1 aromatic heterocycles. The maximum absolute atomic E-state index is 12.2. The number of benzene rings is 1. The molecule has 1 unspecified atom stereocenters. The van der Waals surface area contributed by atoms with E-state index in [4.69, 9.17) is 23.2 Å². The average Bonchev–Trinajstić information content (AvgIpc) is 2.38. The molecule has 0 fully saturated rings. The molecule has 20 heavy (non-hydrogen) atoms. The lowest BCUT2D eigenvalue weighted by atomic mass is 10.1. The van der Waals surface area contributed by atoms with Crippen molar-refractivity contribution in [1.82, 2.24) is 9.71 Å². The Morgan fingerprint density at radius 3 is 2.60 bits per heavy atom. The third-order valence-electron chi connectivity index (χ3n) is 2.69. The molecule has 7 heteroatoms. The van der Waals surface area contributed by atoms with E-state index in [1.54, 1.807) is 31.2 Å². The van der Waals surface area contributed by atoms with Crippen molar-refractivity contribution in [3.05, 3.63) is 58.3 Å². The molecule has 0 aliphatic heterocycles. The molecular weight excluding hydrogens is 319 g/mol. The number of aromatic nitrogens is 1. The average molecular weight is 331 g/mol. The Kier molecular flexibility index (Phi) is 4.65. The van der Waals surface area contributed by atoms with Crippen LogP contribution < -0.4 is 4.72 Å². The smallest absolute Gasteiger partial charge is 0.241 e. The molecule has 2 aromatic rings. The Morgan fingerprint density at radius 2 is 1.95 bits per heavy atom. The summed E-state index contributed by atoms with van der Waals surface area (Å²) in [6, 6.07) is 9.30. The number of hydrogen-bond acceptors (Lipinski definition) is 3. The highest BCUT2D eigenvalue weighted by atomic mass is 35.5. The van der Waals surface area contributed by atoms with E-state index in [0.717, 1.165) is 5.56 Å². The largest absolute Gasteiger partial charge is 0.244 e. The van der Waals surface area contributed by atoms with Crippen molar-refractivity contribution >= 4 is 33.2 Å². The van der Waals surface area contributed by atoms with Gasteiger partial charge in [0.1, 0.15) is 5.15 Å². The van der Waals surface area contributed by atoms with Crippen LogP contribution in [-0.2, 0) is 10.0 Å². The van der Waals surface area contributed by atoms with E-state index in [0.29, 0.717) is 5.02 Å². The summed E-state index contributed by atoms with van der Waals surface area (Å²) in [5, 5.41) is 0.684. The molecule has 0 aliphatic rings. The van der Waals surface area contributed by atoms with E-state index in [-0.39, 0.29) is 10.0 Å². The van der Waals surface area contributed by atoms with Crippen LogP contribution in [0.25, 0.3) is 0 Å². The molecule has 0 bridgehead atoms. The second-order valence-electron chi connectivity index (χ2n) is 4.21. The van der Waals surface area contributed by atoms with Crippen molar-refractivity contribution in [1.29, 1.82) is 0 Å². The summed E-state index contributed by atoms with van der Waals surface area (Å²) >= 11 is 11.6. The Balaban J connectivity index is 2.24. The number of nitrogens with zero attached hydrogens (tertiary/aromatic N) is 1. The highest BCUT2D eigenvalue weighted by Gasteiger charge is 2.18. The van der Waals surface area contributed by atoms with Crippen LogP contribution in [0.5, 0.6) is 0 Å². The lowest BCUT2D eigenvalue weighted by Crippen LogP contribution is -2.26. The van der Waals surface area contributed by atoms with Gasteiger partial charge in [-0.25, -0.2) is 18.1 Å². The molecule has 0 aliphatic carbocycles. The zero-order chi connectivity index (χ0) is 14.8. The minimum atomic E-state index is -3.66. The number of rotatable bonds is 4. The minimum absolute atomic E-state index is 0.0754. The second-order valence-corrected chi connectivity index (χ2v) is 6.75. The van der Waals surface area contributed by atoms with Gasteiger partial charge in [-0.05, 0) is 36.8 Å². The Labute approximate surface area is 127 Å². The van der Waals surface area contributed by atoms with Crippen LogP contribution in [-0.4, -0.2) is 13.4 Å². The molecular formula is C13H12Cl2N2O2S.